The molecule has 0 aromatic carbocycles. The van der Waals surface area contributed by atoms with Gasteiger partial charge in [-0.3, -0.25) is 4.79 Å². The lowest BCUT2D eigenvalue weighted by molar-refractivity contribution is -0.135. The van der Waals surface area contributed by atoms with Crippen LogP contribution in [-0.2, 0) is 4.79 Å². The zero-order valence-corrected chi connectivity index (χ0v) is 11.2. The number of likely N-dealkylation sites (N-methyl/N-ethyl adjacent to an activating group) is 1. The van der Waals surface area contributed by atoms with Gasteiger partial charge in [0.05, 0.1) is 6.54 Å². The average Bonchev–Trinajstić information content (AvgIpc) is 2.29. The van der Waals surface area contributed by atoms with Crippen molar-refractivity contribution in [2.24, 2.45) is 5.41 Å². The molecule has 1 N–H and O–H groups in total. The summed E-state index contributed by atoms with van der Waals surface area (Å²) in [7, 11) is 3.92. The van der Waals surface area contributed by atoms with E-state index < -0.39 is 0 Å². The Morgan fingerprint density at radius 2 is 2.12 bits per heavy atom. The molecule has 2 heterocycles. The normalized spacial score (nSPS) is 29.9. The van der Waals surface area contributed by atoms with Crippen LogP contribution >= 0.6 is 0 Å². The van der Waals surface area contributed by atoms with Gasteiger partial charge in [0.1, 0.15) is 0 Å². The van der Waals surface area contributed by atoms with Gasteiger partial charge in [0.15, 0.2) is 0 Å². The fourth-order valence-electron chi connectivity index (χ4n) is 3.17. The van der Waals surface area contributed by atoms with Crippen molar-refractivity contribution in [3.05, 3.63) is 0 Å². The van der Waals surface area contributed by atoms with Crippen LogP contribution in [0, 0.1) is 5.41 Å². The number of piperidine rings is 2. The molecule has 2 aliphatic rings. The Bertz CT molecular complexity index is 266. The van der Waals surface area contributed by atoms with Crippen LogP contribution in [-0.4, -0.2) is 62.5 Å². The lowest BCUT2D eigenvalue weighted by atomic mass is 9.74. The van der Waals surface area contributed by atoms with Crippen molar-refractivity contribution in [1.82, 2.24) is 15.1 Å². The van der Waals surface area contributed by atoms with E-state index in [-0.39, 0.29) is 0 Å². The molecule has 4 heteroatoms. The molecular formula is C13H25N3O. The van der Waals surface area contributed by atoms with E-state index >= 15 is 0 Å². The number of rotatable bonds is 2. The molecule has 98 valence electrons. The molecule has 2 saturated heterocycles. The van der Waals surface area contributed by atoms with Gasteiger partial charge in [0, 0.05) is 25.0 Å². The lowest BCUT2D eigenvalue weighted by Gasteiger charge is -2.45. The molecule has 17 heavy (non-hydrogen) atoms. The summed E-state index contributed by atoms with van der Waals surface area (Å²) in [5.74, 6) is 0.291. The molecule has 2 aliphatic heterocycles. The zero-order chi connectivity index (χ0) is 12.3. The fourth-order valence-corrected chi connectivity index (χ4v) is 3.17. The number of hydrogen-bond donors (Lipinski definition) is 1. The Hall–Kier alpha value is -0.610. The second kappa shape index (κ2) is 5.36. The highest BCUT2D eigenvalue weighted by atomic mass is 16.2. The number of likely N-dealkylation sites (tertiary alicyclic amines) is 1. The molecule has 4 nitrogen and oxygen atoms in total. The average molecular weight is 239 g/mol. The highest BCUT2D eigenvalue weighted by molar-refractivity contribution is 5.78. The van der Waals surface area contributed by atoms with Crippen molar-refractivity contribution in [2.45, 2.75) is 25.7 Å². The maximum absolute atomic E-state index is 12.1. The monoisotopic (exact) mass is 239 g/mol. The molecule has 1 unspecified atom stereocenters. The summed E-state index contributed by atoms with van der Waals surface area (Å²) < 4.78 is 0. The van der Waals surface area contributed by atoms with E-state index in [1.165, 1.54) is 25.7 Å². The molecular weight excluding hydrogens is 214 g/mol. The minimum atomic E-state index is 0.291. The topological polar surface area (TPSA) is 35.6 Å². The Morgan fingerprint density at radius 1 is 1.35 bits per heavy atom. The molecule has 0 aliphatic carbocycles. The van der Waals surface area contributed by atoms with Crippen molar-refractivity contribution in [3.63, 3.8) is 0 Å². The standard InChI is InChI=1S/C13H25N3O/c1-15(2)9-12(17)16-8-4-6-13(11-16)5-3-7-14-10-13/h14H,3-11H2,1-2H3. The van der Waals surface area contributed by atoms with Crippen LogP contribution in [0.4, 0.5) is 0 Å². The number of carbonyl (C=O) groups is 1. The summed E-state index contributed by atoms with van der Waals surface area (Å²) in [5, 5.41) is 3.50. The molecule has 0 radical (unpaired) electrons. The van der Waals surface area contributed by atoms with Gasteiger partial charge in [-0.05, 0) is 46.3 Å². The first-order valence-electron chi connectivity index (χ1n) is 6.75. The second-order valence-corrected chi connectivity index (χ2v) is 5.94. The zero-order valence-electron chi connectivity index (χ0n) is 11.2. The predicted molar refractivity (Wildman–Crippen MR) is 68.9 cm³/mol. The van der Waals surface area contributed by atoms with Crippen LogP contribution in [0.3, 0.4) is 0 Å². The quantitative estimate of drug-likeness (QED) is 0.764. The first kappa shape index (κ1) is 12.8. The third kappa shape index (κ3) is 3.19. The molecule has 1 amide bonds. The lowest BCUT2D eigenvalue weighted by Crippen LogP contribution is -2.53. The van der Waals surface area contributed by atoms with Crippen LogP contribution in [0.15, 0.2) is 0 Å². The van der Waals surface area contributed by atoms with Crippen LogP contribution in [0.2, 0.25) is 0 Å². The van der Waals surface area contributed by atoms with E-state index in [1.54, 1.807) is 0 Å². The highest BCUT2D eigenvalue weighted by Gasteiger charge is 2.37. The Kier molecular flexibility index (Phi) is 4.05. The van der Waals surface area contributed by atoms with Crippen LogP contribution in [0.5, 0.6) is 0 Å². The summed E-state index contributed by atoms with van der Waals surface area (Å²) in [5.41, 5.74) is 0.373. The van der Waals surface area contributed by atoms with Gasteiger partial charge in [-0.2, -0.15) is 0 Å². The molecule has 2 fully saturated rings. The first-order chi connectivity index (χ1) is 8.11. The summed E-state index contributed by atoms with van der Waals surface area (Å²) in [6.07, 6.45) is 4.99. The number of nitrogens with zero attached hydrogens (tertiary/aromatic N) is 2. The maximum atomic E-state index is 12.1. The van der Waals surface area contributed by atoms with Gasteiger partial charge >= 0.3 is 0 Å². The third-order valence-corrected chi connectivity index (χ3v) is 4.03. The first-order valence-corrected chi connectivity index (χ1v) is 6.75. The molecule has 1 spiro atoms. The summed E-state index contributed by atoms with van der Waals surface area (Å²) >= 11 is 0. The Balaban J connectivity index is 1.94. The van der Waals surface area contributed by atoms with Crippen LogP contribution in [0.1, 0.15) is 25.7 Å². The highest BCUT2D eigenvalue weighted by Crippen LogP contribution is 2.35. The van der Waals surface area contributed by atoms with Crippen molar-refractivity contribution in [1.29, 1.82) is 0 Å². The van der Waals surface area contributed by atoms with Crippen LogP contribution < -0.4 is 5.32 Å². The van der Waals surface area contributed by atoms with Gasteiger partial charge in [-0.15, -0.1) is 0 Å². The number of carbonyl (C=O) groups excluding carboxylic acids is 1. The Labute approximate surface area is 104 Å². The SMILES string of the molecule is CN(C)CC(=O)N1CCCC2(CCCNC2)C1. The molecule has 0 saturated carbocycles. The summed E-state index contributed by atoms with van der Waals surface area (Å²) in [6.45, 7) is 4.71. The second-order valence-electron chi connectivity index (χ2n) is 5.94. The van der Waals surface area contributed by atoms with E-state index in [0.717, 1.165) is 26.2 Å². The van der Waals surface area contributed by atoms with Crippen molar-refractivity contribution < 1.29 is 4.79 Å². The summed E-state index contributed by atoms with van der Waals surface area (Å²) in [6, 6.07) is 0. The Morgan fingerprint density at radius 3 is 2.76 bits per heavy atom. The van der Waals surface area contributed by atoms with Gasteiger partial charge in [0.25, 0.3) is 0 Å². The number of hydrogen-bond acceptors (Lipinski definition) is 3. The third-order valence-electron chi connectivity index (χ3n) is 4.03. The smallest absolute Gasteiger partial charge is 0.236 e. The van der Waals surface area contributed by atoms with E-state index in [0.29, 0.717) is 17.9 Å². The number of amides is 1. The maximum Gasteiger partial charge on any atom is 0.236 e. The van der Waals surface area contributed by atoms with Crippen molar-refractivity contribution in [3.8, 4) is 0 Å². The van der Waals surface area contributed by atoms with E-state index in [2.05, 4.69) is 10.2 Å². The van der Waals surface area contributed by atoms with E-state index in [4.69, 9.17) is 0 Å². The van der Waals surface area contributed by atoms with Gasteiger partial charge in [-0.25, -0.2) is 0 Å². The fraction of sp³-hybridized carbons (Fsp3) is 0.923. The van der Waals surface area contributed by atoms with E-state index in [9.17, 15) is 4.79 Å². The molecule has 2 rings (SSSR count). The number of nitrogens with one attached hydrogen (secondary N) is 1. The largest absolute Gasteiger partial charge is 0.341 e. The molecule has 0 bridgehead atoms. The van der Waals surface area contributed by atoms with Gasteiger partial charge in [-0.1, -0.05) is 0 Å². The predicted octanol–water partition coefficient (Wildman–Crippen LogP) is 0.540. The van der Waals surface area contributed by atoms with Crippen molar-refractivity contribution >= 4 is 5.91 Å². The molecule has 1 atom stereocenters. The summed E-state index contributed by atoms with van der Waals surface area (Å²) in [4.78, 5) is 16.1. The van der Waals surface area contributed by atoms with Crippen molar-refractivity contribution in [2.75, 3.05) is 46.8 Å². The molecule has 0 aromatic heterocycles. The van der Waals surface area contributed by atoms with E-state index in [1.807, 2.05) is 19.0 Å². The molecule has 0 aromatic rings. The van der Waals surface area contributed by atoms with Gasteiger partial charge < -0.3 is 15.1 Å². The minimum absolute atomic E-state index is 0.291. The minimum Gasteiger partial charge on any atom is -0.341 e. The van der Waals surface area contributed by atoms with Gasteiger partial charge in [0.2, 0.25) is 5.91 Å². The van der Waals surface area contributed by atoms with Crippen LogP contribution in [0.25, 0.3) is 0 Å².